The number of rotatable bonds is 12. The molecule has 0 radical (unpaired) electrons. The van der Waals surface area contributed by atoms with E-state index in [9.17, 15) is 4.79 Å². The molecule has 1 fully saturated rings. The second-order valence-corrected chi connectivity index (χ2v) is 7.61. The molecular weight excluding hydrogens is 390 g/mol. The summed E-state index contributed by atoms with van der Waals surface area (Å²) in [5.41, 5.74) is 0.332. The minimum absolute atomic E-state index is 0.332. The summed E-state index contributed by atoms with van der Waals surface area (Å²) in [5.74, 6) is 1.34. The molecule has 0 spiro atoms. The molecule has 1 aromatic carbocycles. The number of morpholine rings is 1. The van der Waals surface area contributed by atoms with Gasteiger partial charge >= 0.3 is 5.97 Å². The van der Waals surface area contributed by atoms with Crippen LogP contribution in [-0.2, 0) is 14.2 Å². The van der Waals surface area contributed by atoms with E-state index in [1.807, 2.05) is 0 Å². The Morgan fingerprint density at radius 1 is 1.07 bits per heavy atom. The van der Waals surface area contributed by atoms with Gasteiger partial charge in [0.05, 0.1) is 46.7 Å². The third-order valence-electron chi connectivity index (χ3n) is 4.88. The topological polar surface area (TPSA) is 75.7 Å². The average Bonchev–Trinajstić information content (AvgIpc) is 2.75. The number of methoxy groups -OCH3 is 3. The summed E-state index contributed by atoms with van der Waals surface area (Å²) in [4.78, 5) is 15.1. The lowest BCUT2D eigenvalue weighted by atomic mass is 10.1. The molecule has 0 amide bonds. The summed E-state index contributed by atoms with van der Waals surface area (Å²) in [6, 6.07) is 3.18. The molecule has 8 nitrogen and oxygen atoms in total. The fourth-order valence-electron chi connectivity index (χ4n) is 3.15. The van der Waals surface area contributed by atoms with E-state index in [4.69, 9.17) is 28.4 Å². The zero-order chi connectivity index (χ0) is 21.9. The Kier molecular flexibility index (Phi) is 10.2. The number of nitrogens with zero attached hydrogens (tertiary/aromatic N) is 1. The molecule has 0 aromatic heterocycles. The van der Waals surface area contributed by atoms with Gasteiger partial charge in [0.2, 0.25) is 5.75 Å². The highest BCUT2D eigenvalue weighted by Crippen LogP contribution is 2.38. The maximum absolute atomic E-state index is 12.9. The second kappa shape index (κ2) is 12.6. The van der Waals surface area contributed by atoms with Crippen molar-refractivity contribution in [1.29, 1.82) is 0 Å². The van der Waals surface area contributed by atoms with Crippen molar-refractivity contribution in [2.45, 2.75) is 26.4 Å². The first kappa shape index (κ1) is 24.2. The number of hydrogen-bond acceptors (Lipinski definition) is 8. The van der Waals surface area contributed by atoms with Crippen LogP contribution in [0.5, 0.6) is 17.2 Å². The molecule has 30 heavy (non-hydrogen) atoms. The van der Waals surface area contributed by atoms with Gasteiger partial charge in [-0.2, -0.15) is 0 Å². The predicted octanol–water partition coefficient (Wildman–Crippen LogP) is 2.63. The third-order valence-corrected chi connectivity index (χ3v) is 4.88. The minimum atomic E-state index is -0.458. The maximum atomic E-state index is 12.9. The van der Waals surface area contributed by atoms with Crippen LogP contribution in [0.15, 0.2) is 12.1 Å². The molecule has 1 aliphatic heterocycles. The highest BCUT2D eigenvalue weighted by atomic mass is 16.6. The van der Waals surface area contributed by atoms with E-state index in [2.05, 4.69) is 18.7 Å². The van der Waals surface area contributed by atoms with Crippen LogP contribution in [-0.4, -0.2) is 84.4 Å². The molecule has 170 valence electrons. The van der Waals surface area contributed by atoms with Crippen molar-refractivity contribution < 1.29 is 33.2 Å². The number of esters is 1. The SMILES string of the molecule is COc1cc(C(=O)OC(COCCC(C)C)CN2CCOCC2)cc(OC)c1OC. The Balaban J connectivity index is 2.09. The number of carbonyl (C=O) groups excluding carboxylic acids is 1. The van der Waals surface area contributed by atoms with Crippen molar-refractivity contribution in [3.63, 3.8) is 0 Å². The fraction of sp³-hybridized carbons (Fsp3) is 0.682. The summed E-state index contributed by atoms with van der Waals surface area (Å²) in [7, 11) is 4.54. The van der Waals surface area contributed by atoms with Crippen LogP contribution in [0.4, 0.5) is 0 Å². The Labute approximate surface area is 179 Å². The standard InChI is InChI=1S/C22H35NO7/c1-16(2)6-9-29-15-18(14-23-7-10-28-11-8-23)30-22(24)17-12-19(25-3)21(27-5)20(13-17)26-4/h12-13,16,18H,6-11,14-15H2,1-5H3. The first-order valence-corrected chi connectivity index (χ1v) is 10.4. The van der Waals surface area contributed by atoms with E-state index in [0.29, 0.717) is 61.7 Å². The lowest BCUT2D eigenvalue weighted by Crippen LogP contribution is -2.43. The molecule has 2 rings (SSSR count). The molecule has 0 N–H and O–H groups in total. The molecule has 1 aromatic rings. The molecule has 1 aliphatic rings. The molecule has 0 aliphatic carbocycles. The van der Waals surface area contributed by atoms with E-state index in [0.717, 1.165) is 19.5 Å². The van der Waals surface area contributed by atoms with Gasteiger partial charge in [0.1, 0.15) is 6.10 Å². The highest BCUT2D eigenvalue weighted by molar-refractivity contribution is 5.91. The zero-order valence-electron chi connectivity index (χ0n) is 18.8. The summed E-state index contributed by atoms with van der Waals surface area (Å²) in [6.45, 7) is 8.87. The molecule has 1 heterocycles. The monoisotopic (exact) mass is 425 g/mol. The average molecular weight is 426 g/mol. The van der Waals surface area contributed by atoms with Crippen molar-refractivity contribution in [2.75, 3.05) is 67.4 Å². The summed E-state index contributed by atoms with van der Waals surface area (Å²) >= 11 is 0. The molecule has 1 saturated heterocycles. The molecule has 0 saturated carbocycles. The van der Waals surface area contributed by atoms with E-state index in [-0.39, 0.29) is 6.10 Å². The zero-order valence-corrected chi connectivity index (χ0v) is 18.8. The smallest absolute Gasteiger partial charge is 0.338 e. The van der Waals surface area contributed by atoms with Crippen molar-refractivity contribution >= 4 is 5.97 Å². The lowest BCUT2D eigenvalue weighted by Gasteiger charge is -2.30. The van der Waals surface area contributed by atoms with Crippen LogP contribution in [0.2, 0.25) is 0 Å². The first-order valence-electron chi connectivity index (χ1n) is 10.4. The second-order valence-electron chi connectivity index (χ2n) is 7.61. The van der Waals surface area contributed by atoms with Gasteiger partial charge in [0, 0.05) is 26.2 Å². The number of ether oxygens (including phenoxy) is 6. The minimum Gasteiger partial charge on any atom is -0.493 e. The van der Waals surface area contributed by atoms with Crippen LogP contribution in [0.25, 0.3) is 0 Å². The first-order chi connectivity index (χ1) is 14.5. The van der Waals surface area contributed by atoms with Gasteiger partial charge in [-0.05, 0) is 24.5 Å². The van der Waals surface area contributed by atoms with E-state index in [1.54, 1.807) is 12.1 Å². The van der Waals surface area contributed by atoms with Crippen LogP contribution >= 0.6 is 0 Å². The predicted molar refractivity (Wildman–Crippen MR) is 113 cm³/mol. The molecule has 0 bridgehead atoms. The van der Waals surface area contributed by atoms with Gasteiger partial charge in [0.25, 0.3) is 0 Å². The van der Waals surface area contributed by atoms with E-state index < -0.39 is 5.97 Å². The normalized spacial score (nSPS) is 15.7. The molecular formula is C22H35NO7. The van der Waals surface area contributed by atoms with Crippen molar-refractivity contribution in [3.8, 4) is 17.2 Å². The number of benzene rings is 1. The Morgan fingerprint density at radius 2 is 1.70 bits per heavy atom. The van der Waals surface area contributed by atoms with Gasteiger partial charge in [-0.3, -0.25) is 4.90 Å². The van der Waals surface area contributed by atoms with Crippen LogP contribution in [0, 0.1) is 5.92 Å². The van der Waals surface area contributed by atoms with Crippen LogP contribution in [0.1, 0.15) is 30.6 Å². The molecule has 8 heteroatoms. The summed E-state index contributed by atoms with van der Waals surface area (Å²) in [5, 5.41) is 0. The van der Waals surface area contributed by atoms with Gasteiger partial charge in [-0.15, -0.1) is 0 Å². The van der Waals surface area contributed by atoms with Crippen molar-refractivity contribution in [1.82, 2.24) is 4.90 Å². The van der Waals surface area contributed by atoms with Gasteiger partial charge in [0.15, 0.2) is 11.5 Å². The van der Waals surface area contributed by atoms with Crippen molar-refractivity contribution in [2.24, 2.45) is 5.92 Å². The summed E-state index contributed by atoms with van der Waals surface area (Å²) < 4.78 is 33.0. The van der Waals surface area contributed by atoms with Crippen molar-refractivity contribution in [3.05, 3.63) is 17.7 Å². The van der Waals surface area contributed by atoms with Gasteiger partial charge < -0.3 is 28.4 Å². The molecule has 1 atom stereocenters. The maximum Gasteiger partial charge on any atom is 0.338 e. The Bertz CT molecular complexity index is 634. The van der Waals surface area contributed by atoms with Gasteiger partial charge in [-0.25, -0.2) is 4.79 Å². The lowest BCUT2D eigenvalue weighted by molar-refractivity contribution is -0.0331. The quantitative estimate of drug-likeness (QED) is 0.374. The van der Waals surface area contributed by atoms with E-state index in [1.165, 1.54) is 21.3 Å². The largest absolute Gasteiger partial charge is 0.493 e. The van der Waals surface area contributed by atoms with Crippen LogP contribution in [0.3, 0.4) is 0 Å². The van der Waals surface area contributed by atoms with Gasteiger partial charge in [-0.1, -0.05) is 13.8 Å². The Morgan fingerprint density at radius 3 is 2.23 bits per heavy atom. The molecule has 1 unspecified atom stereocenters. The fourth-order valence-corrected chi connectivity index (χ4v) is 3.15. The third kappa shape index (κ3) is 7.34. The van der Waals surface area contributed by atoms with Crippen LogP contribution < -0.4 is 14.2 Å². The Hall–Kier alpha value is -2.03. The highest BCUT2D eigenvalue weighted by Gasteiger charge is 2.23. The number of hydrogen-bond donors (Lipinski definition) is 0. The summed E-state index contributed by atoms with van der Waals surface area (Å²) in [6.07, 6.45) is 0.576. The van der Waals surface area contributed by atoms with E-state index >= 15 is 0 Å². The number of carbonyl (C=O) groups is 1.